The van der Waals surface area contributed by atoms with E-state index >= 15 is 0 Å². The van der Waals surface area contributed by atoms with Gasteiger partial charge in [0, 0.05) is 17.0 Å². The second-order valence-electron chi connectivity index (χ2n) is 5.59. The monoisotopic (exact) mass is 397 g/mol. The summed E-state index contributed by atoms with van der Waals surface area (Å²) in [6, 6.07) is 15.3. The van der Waals surface area contributed by atoms with Crippen LogP contribution in [0.3, 0.4) is 0 Å². The molecule has 4 aromatic rings. The van der Waals surface area contributed by atoms with Crippen LogP contribution in [-0.2, 0) is 6.61 Å². The van der Waals surface area contributed by atoms with Crippen molar-refractivity contribution in [3.05, 3.63) is 64.5 Å². The van der Waals surface area contributed by atoms with Gasteiger partial charge in [-0.05, 0) is 60.1 Å². The largest absolute Gasteiger partial charge is 0.497 e. The third-order valence-electron chi connectivity index (χ3n) is 3.93. The molecule has 1 N–H and O–H groups in total. The average Bonchev–Trinajstić information content (AvgIpc) is 3.37. The van der Waals surface area contributed by atoms with Gasteiger partial charge in [0.15, 0.2) is 10.6 Å². The van der Waals surface area contributed by atoms with Gasteiger partial charge < -0.3 is 9.47 Å². The molecule has 0 atom stereocenters. The number of H-pyrrole nitrogens is 1. The fraction of sp³-hybridized carbons (Fsp3) is 0.111. The second-order valence-corrected chi connectivity index (χ2v) is 6.58. The van der Waals surface area contributed by atoms with Crippen molar-refractivity contribution < 1.29 is 9.47 Å². The Morgan fingerprint density at radius 1 is 1.15 bits per heavy atom. The number of nitrogens with zero attached hydrogens (tertiary/aromatic N) is 4. The van der Waals surface area contributed by atoms with E-state index in [0.717, 1.165) is 28.4 Å². The molecular formula is C18H15N5O2S2. The van der Waals surface area contributed by atoms with Gasteiger partial charge >= 0.3 is 0 Å². The smallest absolute Gasteiger partial charge is 0.199 e. The predicted octanol–water partition coefficient (Wildman–Crippen LogP) is 4.04. The Kier molecular flexibility index (Phi) is 4.95. The van der Waals surface area contributed by atoms with Crippen molar-refractivity contribution in [3.8, 4) is 28.4 Å². The fourth-order valence-corrected chi connectivity index (χ4v) is 3.32. The van der Waals surface area contributed by atoms with Gasteiger partial charge in [-0.1, -0.05) is 10.6 Å². The molecule has 2 aromatic carbocycles. The molecule has 0 aliphatic heterocycles. The van der Waals surface area contributed by atoms with Gasteiger partial charge in [-0.15, -0.1) is 5.10 Å². The molecule has 0 unspecified atom stereocenters. The highest BCUT2D eigenvalue weighted by atomic mass is 32.1. The molecule has 0 radical (unpaired) electrons. The third kappa shape index (κ3) is 3.74. The van der Waals surface area contributed by atoms with Crippen LogP contribution in [0.4, 0.5) is 0 Å². The summed E-state index contributed by atoms with van der Waals surface area (Å²) < 4.78 is 17.4. The van der Waals surface area contributed by atoms with Crippen LogP contribution in [0.5, 0.6) is 11.5 Å². The van der Waals surface area contributed by atoms with Crippen LogP contribution in [0.2, 0.25) is 0 Å². The van der Waals surface area contributed by atoms with Gasteiger partial charge in [0.2, 0.25) is 0 Å². The third-order valence-corrected chi connectivity index (χ3v) is 4.71. The summed E-state index contributed by atoms with van der Waals surface area (Å²) >= 11 is 6.69. The molecule has 2 heterocycles. The Morgan fingerprint density at radius 2 is 2.00 bits per heavy atom. The van der Waals surface area contributed by atoms with Crippen LogP contribution < -0.4 is 9.47 Å². The van der Waals surface area contributed by atoms with Crippen molar-refractivity contribution in [2.75, 3.05) is 7.11 Å². The first kappa shape index (κ1) is 17.4. The molecule has 2 aromatic heterocycles. The molecule has 9 heteroatoms. The topological polar surface area (TPSA) is 77.8 Å². The summed E-state index contributed by atoms with van der Waals surface area (Å²) in [6.45, 7) is 0.266. The maximum absolute atomic E-state index is 5.88. The van der Waals surface area contributed by atoms with Crippen molar-refractivity contribution in [2.24, 2.45) is 0 Å². The van der Waals surface area contributed by atoms with E-state index in [4.69, 9.17) is 21.7 Å². The first-order valence-corrected chi connectivity index (χ1v) is 9.30. The molecule has 7 nitrogen and oxygen atoms in total. The van der Waals surface area contributed by atoms with E-state index in [2.05, 4.69) is 19.8 Å². The standard InChI is InChI=1S/C18H15N5O2S2/c1-24-15-4-2-3-13(9-15)23-17(20-21-18(23)26)10-25-14-7-5-12(6-8-14)16-11-27-22-19-16/h2-9,11H,10H2,1H3,(H,21,26). The van der Waals surface area contributed by atoms with Crippen molar-refractivity contribution in [2.45, 2.75) is 6.61 Å². The Hall–Kier alpha value is -3.04. The molecule has 4 rings (SSSR count). The van der Waals surface area contributed by atoms with E-state index in [0.29, 0.717) is 10.6 Å². The summed E-state index contributed by atoms with van der Waals surface area (Å²) in [5.41, 5.74) is 2.71. The van der Waals surface area contributed by atoms with Crippen molar-refractivity contribution in [3.63, 3.8) is 0 Å². The number of hydrogen-bond donors (Lipinski definition) is 1. The molecule has 0 bridgehead atoms. The molecule has 136 valence electrons. The molecule has 0 aliphatic carbocycles. The fourth-order valence-electron chi connectivity index (χ4n) is 2.60. The summed E-state index contributed by atoms with van der Waals surface area (Å²) in [5, 5.41) is 13.1. The summed E-state index contributed by atoms with van der Waals surface area (Å²) in [4.78, 5) is 0. The lowest BCUT2D eigenvalue weighted by atomic mass is 10.2. The average molecular weight is 397 g/mol. The van der Waals surface area contributed by atoms with Crippen LogP contribution in [0.1, 0.15) is 5.82 Å². The zero-order valence-electron chi connectivity index (χ0n) is 14.3. The predicted molar refractivity (Wildman–Crippen MR) is 105 cm³/mol. The van der Waals surface area contributed by atoms with Crippen LogP contribution in [0.25, 0.3) is 16.9 Å². The normalized spacial score (nSPS) is 10.7. The number of aromatic nitrogens is 5. The van der Waals surface area contributed by atoms with Crippen molar-refractivity contribution >= 4 is 23.8 Å². The molecular weight excluding hydrogens is 382 g/mol. The van der Waals surface area contributed by atoms with Crippen LogP contribution >= 0.6 is 23.8 Å². The van der Waals surface area contributed by atoms with Crippen molar-refractivity contribution in [1.82, 2.24) is 24.4 Å². The van der Waals surface area contributed by atoms with Gasteiger partial charge in [0.1, 0.15) is 23.8 Å². The summed E-state index contributed by atoms with van der Waals surface area (Å²) in [6.07, 6.45) is 0. The molecule has 0 spiro atoms. The van der Waals surface area contributed by atoms with E-state index in [9.17, 15) is 0 Å². The van der Waals surface area contributed by atoms with Crippen LogP contribution in [0, 0.1) is 4.77 Å². The quantitative estimate of drug-likeness (QED) is 0.495. The van der Waals surface area contributed by atoms with E-state index in [1.54, 1.807) is 7.11 Å². The Labute approximate surface area is 164 Å². The maximum atomic E-state index is 5.88. The molecule has 0 saturated carbocycles. The molecule has 0 saturated heterocycles. The number of benzene rings is 2. The Balaban J connectivity index is 1.53. The van der Waals surface area contributed by atoms with E-state index in [1.807, 2.05) is 58.5 Å². The van der Waals surface area contributed by atoms with Crippen molar-refractivity contribution in [1.29, 1.82) is 0 Å². The second kappa shape index (κ2) is 7.68. The highest BCUT2D eigenvalue weighted by Gasteiger charge is 2.10. The first-order valence-electron chi connectivity index (χ1n) is 8.05. The number of aromatic amines is 1. The van der Waals surface area contributed by atoms with E-state index < -0.39 is 0 Å². The number of methoxy groups -OCH3 is 1. The van der Waals surface area contributed by atoms with Crippen LogP contribution in [-0.4, -0.2) is 31.5 Å². The Bertz CT molecular complexity index is 1090. The maximum Gasteiger partial charge on any atom is 0.199 e. The molecule has 27 heavy (non-hydrogen) atoms. The molecule has 0 aliphatic rings. The molecule has 0 amide bonds. The molecule has 0 fully saturated rings. The van der Waals surface area contributed by atoms with Crippen LogP contribution in [0.15, 0.2) is 53.9 Å². The summed E-state index contributed by atoms with van der Waals surface area (Å²) in [5.74, 6) is 2.14. The van der Waals surface area contributed by atoms with Gasteiger partial charge in [0.25, 0.3) is 0 Å². The Morgan fingerprint density at radius 3 is 2.74 bits per heavy atom. The number of nitrogens with one attached hydrogen (secondary N) is 1. The minimum atomic E-state index is 0.266. The van der Waals surface area contributed by atoms with Gasteiger partial charge in [-0.3, -0.25) is 9.67 Å². The van der Waals surface area contributed by atoms with Gasteiger partial charge in [0.05, 0.1) is 12.8 Å². The minimum absolute atomic E-state index is 0.266. The van der Waals surface area contributed by atoms with E-state index in [1.165, 1.54) is 11.5 Å². The number of rotatable bonds is 6. The minimum Gasteiger partial charge on any atom is -0.497 e. The van der Waals surface area contributed by atoms with E-state index in [-0.39, 0.29) is 6.61 Å². The SMILES string of the molecule is COc1cccc(-n2c(COc3ccc(-c4csnn4)cc3)n[nH]c2=S)c1. The zero-order chi connectivity index (χ0) is 18.6. The lowest BCUT2D eigenvalue weighted by Gasteiger charge is -2.10. The first-order chi connectivity index (χ1) is 13.2. The summed E-state index contributed by atoms with van der Waals surface area (Å²) in [7, 11) is 1.63. The lowest BCUT2D eigenvalue weighted by molar-refractivity contribution is 0.293. The van der Waals surface area contributed by atoms with Gasteiger partial charge in [-0.2, -0.15) is 5.10 Å². The highest BCUT2D eigenvalue weighted by molar-refractivity contribution is 7.71. The van der Waals surface area contributed by atoms with Gasteiger partial charge in [-0.25, -0.2) is 0 Å². The lowest BCUT2D eigenvalue weighted by Crippen LogP contribution is -2.06. The number of hydrogen-bond acceptors (Lipinski definition) is 7. The zero-order valence-corrected chi connectivity index (χ0v) is 16.0. The number of ether oxygens (including phenoxy) is 2. The highest BCUT2D eigenvalue weighted by Crippen LogP contribution is 2.22.